The van der Waals surface area contributed by atoms with Gasteiger partial charge in [-0.25, -0.2) is 0 Å². The number of anilines is 1. The Hall–Kier alpha value is -9.90. The van der Waals surface area contributed by atoms with Gasteiger partial charge < -0.3 is 19.0 Å². The Morgan fingerprint density at radius 1 is 0.439 bits per heavy atom. The van der Waals surface area contributed by atoms with Gasteiger partial charge in [-0.15, -0.1) is 0 Å². The highest BCUT2D eigenvalue weighted by atomic mass is 15.0. The molecule has 3 heterocycles. The Kier molecular flexibility index (Phi) is 9.42. The van der Waals surface area contributed by atoms with Crippen molar-refractivity contribution in [3.8, 4) is 27.9 Å². The summed E-state index contributed by atoms with van der Waals surface area (Å²) in [6.45, 7) is 0. The van der Waals surface area contributed by atoms with Gasteiger partial charge in [0.1, 0.15) is 0 Å². The number of fused-ring (bicyclic) bond motifs is 15. The number of rotatable bonds is 6. The summed E-state index contributed by atoms with van der Waals surface area (Å²) in [6, 6.07) is 87.1. The van der Waals surface area contributed by atoms with Crippen LogP contribution in [0.2, 0.25) is 0 Å². The van der Waals surface area contributed by atoms with E-state index in [0.29, 0.717) is 0 Å². The number of para-hydroxylation sites is 7. The maximum Gasteiger partial charge on any atom is 0.0564 e. The van der Waals surface area contributed by atoms with Crippen LogP contribution in [-0.2, 0) is 11.8 Å². The van der Waals surface area contributed by atoms with Crippen LogP contribution in [0.1, 0.15) is 41.5 Å². The highest BCUT2D eigenvalue weighted by molar-refractivity contribution is 6.13. The SMILES string of the molecule is CNc1ccccc1-c1ccccc1-c1ccc2c(c1)C1(C3=C(C=CCC(n4c5ccccc5c5ccccc54)=C3)c3ccc(-n4c5ccccc5c5ccccc54)cc31)C13C=C(n4c5ccccc5c5ccccc54)C=CCC1(C2)C3. The fourth-order valence-electron chi connectivity index (χ4n) is 16.6. The molecule has 3 aromatic heterocycles. The average Bonchev–Trinajstić information content (AvgIpc) is 1.49. The van der Waals surface area contributed by atoms with E-state index in [9.17, 15) is 0 Å². The summed E-state index contributed by atoms with van der Waals surface area (Å²) in [6.07, 6.45) is 19.3. The second kappa shape index (κ2) is 16.8. The van der Waals surface area contributed by atoms with Gasteiger partial charge in [0.2, 0.25) is 0 Å². The van der Waals surface area contributed by atoms with E-state index in [1.165, 1.54) is 138 Å². The van der Waals surface area contributed by atoms with Gasteiger partial charge in [0.25, 0.3) is 0 Å². The lowest BCUT2D eigenvalue weighted by molar-refractivity contribution is 0.282. The van der Waals surface area contributed by atoms with Gasteiger partial charge in [-0.3, -0.25) is 0 Å². The van der Waals surface area contributed by atoms with Crippen LogP contribution in [0.25, 0.3) is 110 Å². The van der Waals surface area contributed by atoms with E-state index in [1.54, 1.807) is 0 Å². The molecule has 1 spiro atoms. The number of nitrogens with zero attached hydrogens (tertiary/aromatic N) is 3. The van der Waals surface area contributed by atoms with Crippen molar-refractivity contribution < 1.29 is 0 Å². The molecule has 1 fully saturated rings. The number of allylic oxidation sites excluding steroid dienone is 10. The Bertz CT molecular complexity index is 4960. The standard InChI is InChI=1S/C78H56N4/c1-79-69-32-11-4-24-59(69)56-23-3-2-22-55(56)50-39-40-51-47-76-43-19-21-54(82-74-37-16-9-29-64(74)65-30-10-17-38-75(65)82)48-77(76,49-76)78(66(51)44-50)67-45-52(80-70-33-12-5-25-60(70)61-26-6-13-34-71(61)80)20-18-31-57(67)58-42-41-53(46-68(58)78)81-72-35-14-7-27-62(72)63-28-8-15-36-73(63)81/h2-19,21-42,44-46,48,79H,20,43,47,49H2,1H3. The summed E-state index contributed by atoms with van der Waals surface area (Å²) in [5.41, 5.74) is 24.2. The van der Waals surface area contributed by atoms with E-state index < -0.39 is 5.41 Å². The van der Waals surface area contributed by atoms with Crippen LogP contribution in [0.5, 0.6) is 0 Å². The van der Waals surface area contributed by atoms with E-state index in [2.05, 4.69) is 286 Å². The zero-order chi connectivity index (χ0) is 53.9. The van der Waals surface area contributed by atoms with Crippen molar-refractivity contribution in [3.63, 3.8) is 0 Å². The molecule has 0 bridgehead atoms. The Morgan fingerprint density at radius 2 is 0.976 bits per heavy atom. The molecule has 10 aromatic carbocycles. The summed E-state index contributed by atoms with van der Waals surface area (Å²) in [5, 5.41) is 11.2. The van der Waals surface area contributed by atoms with Gasteiger partial charge in [0.15, 0.2) is 0 Å². The Balaban J connectivity index is 0.995. The third-order valence-corrected chi connectivity index (χ3v) is 19.9. The molecule has 5 aliphatic rings. The third kappa shape index (κ3) is 5.95. The minimum absolute atomic E-state index is 0.0817. The zero-order valence-corrected chi connectivity index (χ0v) is 45.6. The van der Waals surface area contributed by atoms with E-state index in [0.717, 1.165) is 31.4 Å². The van der Waals surface area contributed by atoms with Crippen molar-refractivity contribution in [2.24, 2.45) is 10.8 Å². The van der Waals surface area contributed by atoms with Crippen LogP contribution in [0.3, 0.4) is 0 Å². The van der Waals surface area contributed by atoms with E-state index >= 15 is 0 Å². The lowest BCUT2D eigenvalue weighted by Gasteiger charge is -2.48. The number of hydrogen-bond donors (Lipinski definition) is 1. The van der Waals surface area contributed by atoms with Gasteiger partial charge in [0, 0.05) is 79.5 Å². The fraction of sp³-hybridized carbons (Fsp3) is 0.103. The van der Waals surface area contributed by atoms with Crippen molar-refractivity contribution in [2.75, 3.05) is 12.4 Å². The molecule has 13 aromatic rings. The number of aromatic nitrogens is 3. The maximum absolute atomic E-state index is 3.53. The first kappa shape index (κ1) is 45.9. The van der Waals surface area contributed by atoms with Crippen LogP contribution in [0.4, 0.5) is 5.69 Å². The molecular formula is C78H56N4. The van der Waals surface area contributed by atoms with E-state index in [-0.39, 0.29) is 10.8 Å². The molecule has 1 N–H and O–H groups in total. The van der Waals surface area contributed by atoms with Gasteiger partial charge in [-0.1, -0.05) is 194 Å². The molecule has 82 heavy (non-hydrogen) atoms. The highest BCUT2D eigenvalue weighted by Crippen LogP contribution is 2.84. The average molecular weight is 1050 g/mol. The number of hydrogen-bond acceptors (Lipinski definition) is 1. The molecule has 0 amide bonds. The lowest BCUT2D eigenvalue weighted by Crippen LogP contribution is -2.45. The molecule has 5 aliphatic carbocycles. The first-order valence-electron chi connectivity index (χ1n) is 29.2. The van der Waals surface area contributed by atoms with Crippen LogP contribution in [0.15, 0.2) is 273 Å². The molecule has 3 unspecified atom stereocenters. The van der Waals surface area contributed by atoms with Crippen molar-refractivity contribution >= 4 is 88.1 Å². The minimum atomic E-state index is -0.664. The second-order valence-corrected chi connectivity index (χ2v) is 23.7. The maximum atomic E-state index is 3.53. The van der Waals surface area contributed by atoms with Gasteiger partial charge in [-0.2, -0.15) is 0 Å². The summed E-state index contributed by atoms with van der Waals surface area (Å²) in [4.78, 5) is 0. The molecule has 388 valence electrons. The molecule has 1 saturated carbocycles. The van der Waals surface area contributed by atoms with Crippen molar-refractivity contribution in [1.82, 2.24) is 13.7 Å². The van der Waals surface area contributed by atoms with Crippen LogP contribution in [-0.4, -0.2) is 20.7 Å². The molecule has 4 nitrogen and oxygen atoms in total. The quantitative estimate of drug-likeness (QED) is 0.177. The van der Waals surface area contributed by atoms with Crippen molar-refractivity contribution in [3.05, 3.63) is 295 Å². The molecule has 18 rings (SSSR count). The topological polar surface area (TPSA) is 26.8 Å². The molecule has 4 heteroatoms. The van der Waals surface area contributed by atoms with E-state index in [4.69, 9.17) is 0 Å². The minimum Gasteiger partial charge on any atom is -0.388 e. The summed E-state index contributed by atoms with van der Waals surface area (Å²) in [7, 11) is 2.03. The first-order valence-corrected chi connectivity index (χ1v) is 29.2. The fourth-order valence-corrected chi connectivity index (χ4v) is 16.6. The number of benzene rings is 10. The predicted octanol–water partition coefficient (Wildman–Crippen LogP) is 19.4. The first-order chi connectivity index (χ1) is 40.6. The normalized spacial score (nSPS) is 20.5. The molecule has 0 saturated heterocycles. The summed E-state index contributed by atoms with van der Waals surface area (Å²) in [5.74, 6) is 0. The van der Waals surface area contributed by atoms with Gasteiger partial charge in [-0.05, 0) is 148 Å². The number of nitrogens with one attached hydrogen (secondary N) is 1. The molecule has 0 radical (unpaired) electrons. The largest absolute Gasteiger partial charge is 0.388 e. The van der Waals surface area contributed by atoms with Crippen molar-refractivity contribution in [2.45, 2.75) is 31.1 Å². The summed E-state index contributed by atoms with van der Waals surface area (Å²) >= 11 is 0. The molecular weight excluding hydrogens is 993 g/mol. The lowest BCUT2D eigenvalue weighted by atomic mass is 9.53. The Labute approximate surface area is 476 Å². The summed E-state index contributed by atoms with van der Waals surface area (Å²) < 4.78 is 7.72. The van der Waals surface area contributed by atoms with Gasteiger partial charge in [0.05, 0.1) is 38.5 Å². The van der Waals surface area contributed by atoms with Crippen LogP contribution in [0, 0.1) is 10.8 Å². The van der Waals surface area contributed by atoms with Gasteiger partial charge >= 0.3 is 0 Å². The van der Waals surface area contributed by atoms with E-state index in [1.807, 2.05) is 7.05 Å². The van der Waals surface area contributed by atoms with Crippen LogP contribution < -0.4 is 5.32 Å². The Morgan fingerprint density at radius 3 is 1.59 bits per heavy atom. The smallest absolute Gasteiger partial charge is 0.0564 e. The monoisotopic (exact) mass is 1050 g/mol. The third-order valence-electron chi connectivity index (χ3n) is 19.9. The molecule has 0 aliphatic heterocycles. The predicted molar refractivity (Wildman–Crippen MR) is 343 cm³/mol. The molecule has 3 atom stereocenters. The zero-order valence-electron chi connectivity index (χ0n) is 45.6. The van der Waals surface area contributed by atoms with Crippen LogP contribution >= 0.6 is 0 Å². The van der Waals surface area contributed by atoms with Crippen molar-refractivity contribution in [1.29, 1.82) is 0 Å². The second-order valence-electron chi connectivity index (χ2n) is 23.7. The highest BCUT2D eigenvalue weighted by Gasteiger charge is 2.79.